The van der Waals surface area contributed by atoms with Gasteiger partial charge in [0.2, 0.25) is 10.0 Å². The molecule has 0 saturated heterocycles. The molecule has 3 rings (SSSR count). The fourth-order valence-electron chi connectivity index (χ4n) is 2.26. The van der Waals surface area contributed by atoms with Gasteiger partial charge in [0.05, 0.1) is 27.6 Å². The number of sulfonamides is 1. The van der Waals surface area contributed by atoms with Crippen LogP contribution in [0.25, 0.3) is 21.8 Å². The molecule has 22 heavy (non-hydrogen) atoms. The van der Waals surface area contributed by atoms with Crippen LogP contribution in [0.4, 0.5) is 0 Å². The third-order valence-corrected chi connectivity index (χ3v) is 4.16. The largest absolute Gasteiger partial charge is 0.316 e. The Hall–Kier alpha value is -2.96. The van der Waals surface area contributed by atoms with Crippen molar-refractivity contribution in [2.45, 2.75) is 4.90 Å². The minimum absolute atomic E-state index is 0.149. The number of fused-ring (bicyclic) bond motifs is 3. The molecule has 0 radical (unpaired) electrons. The van der Waals surface area contributed by atoms with Gasteiger partial charge in [-0.2, -0.15) is 5.26 Å². The van der Waals surface area contributed by atoms with E-state index in [0.717, 1.165) is 0 Å². The number of nitriles is 1. The number of hydrogen-bond acceptors (Lipinski definition) is 5. The minimum atomic E-state index is -3.93. The smallest absolute Gasteiger partial charge is 0.314 e. The molecule has 8 nitrogen and oxygen atoms in total. The molecule has 0 saturated carbocycles. The maximum Gasteiger partial charge on any atom is 0.314 e. The number of primary sulfonamides is 1. The van der Waals surface area contributed by atoms with Crippen molar-refractivity contribution in [3.63, 3.8) is 0 Å². The molecule has 0 atom stereocenters. The van der Waals surface area contributed by atoms with Crippen molar-refractivity contribution in [2.75, 3.05) is 0 Å². The molecule has 3 aromatic rings. The Balaban J connectivity index is 2.59. The van der Waals surface area contributed by atoms with Crippen LogP contribution in [0.1, 0.15) is 5.56 Å². The van der Waals surface area contributed by atoms with Gasteiger partial charge in [0.15, 0.2) is 0 Å². The lowest BCUT2D eigenvalue weighted by Crippen LogP contribution is -2.29. The second kappa shape index (κ2) is 4.52. The van der Waals surface area contributed by atoms with Crippen LogP contribution in [0.3, 0.4) is 0 Å². The van der Waals surface area contributed by atoms with Gasteiger partial charge in [0, 0.05) is 10.8 Å². The zero-order valence-corrected chi connectivity index (χ0v) is 11.7. The molecule has 0 aliphatic carbocycles. The molecule has 0 fully saturated rings. The Morgan fingerprint density at radius 2 is 1.73 bits per heavy atom. The Kier molecular flexibility index (Phi) is 2.88. The number of rotatable bonds is 1. The van der Waals surface area contributed by atoms with Crippen LogP contribution < -0.4 is 16.3 Å². The number of nitrogens with two attached hydrogens (primary N) is 1. The average molecular weight is 316 g/mol. The van der Waals surface area contributed by atoms with Crippen LogP contribution >= 0.6 is 0 Å². The molecule has 4 N–H and O–H groups in total. The number of H-pyrrole nitrogens is 2. The van der Waals surface area contributed by atoms with Crippen LogP contribution in [-0.2, 0) is 10.0 Å². The number of nitrogens with zero attached hydrogens (tertiary/aromatic N) is 1. The monoisotopic (exact) mass is 316 g/mol. The van der Waals surface area contributed by atoms with Gasteiger partial charge < -0.3 is 9.97 Å². The zero-order chi connectivity index (χ0) is 16.1. The van der Waals surface area contributed by atoms with Crippen molar-refractivity contribution >= 4 is 31.8 Å². The van der Waals surface area contributed by atoms with Gasteiger partial charge in [-0.25, -0.2) is 13.6 Å². The summed E-state index contributed by atoms with van der Waals surface area (Å²) in [6.45, 7) is 0. The Labute approximate surface area is 122 Å². The fourth-order valence-corrected chi connectivity index (χ4v) is 2.80. The lowest BCUT2D eigenvalue weighted by atomic mass is 10.0. The highest BCUT2D eigenvalue weighted by atomic mass is 32.2. The maximum atomic E-state index is 11.5. The number of hydrogen-bond donors (Lipinski definition) is 3. The van der Waals surface area contributed by atoms with Crippen LogP contribution in [0.15, 0.2) is 38.8 Å². The van der Waals surface area contributed by atoms with Crippen molar-refractivity contribution in [2.24, 2.45) is 5.14 Å². The summed E-state index contributed by atoms with van der Waals surface area (Å²) in [5.74, 6) is 0. The van der Waals surface area contributed by atoms with Crippen LogP contribution in [0.2, 0.25) is 0 Å². The molecule has 9 heteroatoms. The number of benzene rings is 2. The Bertz CT molecular complexity index is 1200. The number of aromatic nitrogens is 2. The average Bonchev–Trinajstić information content (AvgIpc) is 2.46. The molecule has 1 aromatic heterocycles. The number of nitrogens with one attached hydrogen (secondary N) is 2. The molecular formula is C13H8N4O4S. The Morgan fingerprint density at radius 1 is 1.05 bits per heavy atom. The quantitative estimate of drug-likeness (QED) is 0.423. The molecule has 0 aliphatic rings. The third kappa shape index (κ3) is 2.07. The summed E-state index contributed by atoms with van der Waals surface area (Å²) in [6, 6.07) is 7.23. The van der Waals surface area contributed by atoms with Crippen LogP contribution in [-0.4, -0.2) is 18.4 Å². The second-order valence-electron chi connectivity index (χ2n) is 4.62. The molecule has 0 amide bonds. The highest BCUT2D eigenvalue weighted by molar-refractivity contribution is 7.89. The van der Waals surface area contributed by atoms with Gasteiger partial charge in [-0.3, -0.25) is 9.59 Å². The van der Waals surface area contributed by atoms with E-state index in [4.69, 9.17) is 5.14 Å². The lowest BCUT2D eigenvalue weighted by molar-refractivity contribution is 0.598. The summed E-state index contributed by atoms with van der Waals surface area (Å²) in [4.78, 5) is 27.5. The van der Waals surface area contributed by atoms with Crippen molar-refractivity contribution in [3.8, 4) is 6.07 Å². The first-order valence-electron chi connectivity index (χ1n) is 5.97. The molecule has 0 unspecified atom stereocenters. The fraction of sp³-hybridized carbons (Fsp3) is 0. The Morgan fingerprint density at radius 3 is 2.36 bits per heavy atom. The van der Waals surface area contributed by atoms with Gasteiger partial charge in [-0.15, -0.1) is 0 Å². The molecule has 0 spiro atoms. The molecular weight excluding hydrogens is 308 g/mol. The first-order valence-corrected chi connectivity index (χ1v) is 7.52. The van der Waals surface area contributed by atoms with Crippen molar-refractivity contribution in [1.29, 1.82) is 5.26 Å². The predicted octanol–water partition coefficient (Wildman–Crippen LogP) is -0.111. The van der Waals surface area contributed by atoms with Gasteiger partial charge in [-0.1, -0.05) is 6.07 Å². The van der Waals surface area contributed by atoms with E-state index in [2.05, 4.69) is 9.97 Å². The van der Waals surface area contributed by atoms with E-state index in [1.807, 2.05) is 6.07 Å². The number of aromatic amines is 2. The van der Waals surface area contributed by atoms with Gasteiger partial charge >= 0.3 is 11.1 Å². The van der Waals surface area contributed by atoms with Gasteiger partial charge in [0.25, 0.3) is 0 Å². The summed E-state index contributed by atoms with van der Waals surface area (Å²) < 4.78 is 22.9. The molecule has 110 valence electrons. The van der Waals surface area contributed by atoms with E-state index in [9.17, 15) is 23.3 Å². The summed E-state index contributed by atoms with van der Waals surface area (Å²) in [5.41, 5.74) is -0.946. The van der Waals surface area contributed by atoms with E-state index < -0.39 is 21.1 Å². The molecule has 0 aliphatic heterocycles. The van der Waals surface area contributed by atoms with Gasteiger partial charge in [0.1, 0.15) is 0 Å². The summed E-state index contributed by atoms with van der Waals surface area (Å²) in [5, 5.41) is 15.0. The molecule has 0 bridgehead atoms. The van der Waals surface area contributed by atoms with Crippen molar-refractivity contribution in [1.82, 2.24) is 9.97 Å². The van der Waals surface area contributed by atoms with E-state index >= 15 is 0 Å². The minimum Gasteiger partial charge on any atom is -0.316 e. The van der Waals surface area contributed by atoms with Crippen molar-refractivity contribution < 1.29 is 8.42 Å². The van der Waals surface area contributed by atoms with Crippen LogP contribution in [0, 0.1) is 11.3 Å². The third-order valence-electron chi connectivity index (χ3n) is 3.25. The van der Waals surface area contributed by atoms with E-state index in [-0.39, 0.29) is 16.0 Å². The first-order chi connectivity index (χ1) is 10.3. The second-order valence-corrected chi connectivity index (χ2v) is 6.18. The highest BCUT2D eigenvalue weighted by Crippen LogP contribution is 2.27. The van der Waals surface area contributed by atoms with Crippen LogP contribution in [0.5, 0.6) is 0 Å². The lowest BCUT2D eigenvalue weighted by Gasteiger charge is -2.07. The van der Waals surface area contributed by atoms with E-state index in [1.165, 1.54) is 24.3 Å². The molecule has 1 heterocycles. The normalized spacial score (nSPS) is 11.6. The van der Waals surface area contributed by atoms with Crippen molar-refractivity contribution in [3.05, 3.63) is 50.5 Å². The summed E-state index contributed by atoms with van der Waals surface area (Å²) in [6.07, 6.45) is 0. The van der Waals surface area contributed by atoms with E-state index in [1.54, 1.807) is 0 Å². The van der Waals surface area contributed by atoms with Gasteiger partial charge in [-0.05, 0) is 18.2 Å². The molecule has 2 aromatic carbocycles. The van der Waals surface area contributed by atoms with E-state index in [0.29, 0.717) is 16.3 Å². The summed E-state index contributed by atoms with van der Waals surface area (Å²) >= 11 is 0. The first kappa shape index (κ1) is 14.0. The SMILES string of the molecule is N#Cc1cc2[nH]c(=O)c(=O)[nH]c2c2ccc(S(N)(=O)=O)cc12. The maximum absolute atomic E-state index is 11.5. The zero-order valence-electron chi connectivity index (χ0n) is 10.9. The topological polar surface area (TPSA) is 150 Å². The summed E-state index contributed by atoms with van der Waals surface area (Å²) in [7, 11) is -3.93. The predicted molar refractivity (Wildman–Crippen MR) is 78.8 cm³/mol. The standard InChI is InChI=1S/C13H8N4O4S/c14-5-6-3-10-11(17-13(19)12(18)16-10)8-2-1-7(4-9(6)8)22(15,20)21/h1-4H,(H,16,18)(H,17,19)(H2,15,20,21). The highest BCUT2D eigenvalue weighted by Gasteiger charge is 2.13.